The summed E-state index contributed by atoms with van der Waals surface area (Å²) in [6.45, 7) is 28.2. The second-order valence-electron chi connectivity index (χ2n) is 14.2. The largest absolute Gasteiger partial charge is 0.411 e. The summed E-state index contributed by atoms with van der Waals surface area (Å²) in [7, 11) is -5.50. The summed E-state index contributed by atoms with van der Waals surface area (Å²) >= 11 is 0. The van der Waals surface area contributed by atoms with Gasteiger partial charge in [0.25, 0.3) is 0 Å². The summed E-state index contributed by atoms with van der Waals surface area (Å²) in [5.74, 6) is 0. The molecule has 0 bridgehead atoms. The summed E-state index contributed by atoms with van der Waals surface area (Å²) in [6, 6.07) is 31.1. The van der Waals surface area contributed by atoms with E-state index in [4.69, 9.17) is 0 Å². The third kappa shape index (κ3) is 4.46. The molecule has 0 aromatic heterocycles. The minimum atomic E-state index is -2.75. The fourth-order valence-corrected chi connectivity index (χ4v) is 34.9. The lowest BCUT2D eigenvalue weighted by Crippen LogP contribution is -2.69. The van der Waals surface area contributed by atoms with Crippen LogP contribution in [0.1, 0.15) is 66.8 Å². The van der Waals surface area contributed by atoms with Crippen LogP contribution < -0.4 is 25.0 Å². The minimum absolute atomic E-state index is 1.35. The van der Waals surface area contributed by atoms with Crippen molar-refractivity contribution >= 4 is 41.9 Å². The van der Waals surface area contributed by atoms with Crippen molar-refractivity contribution in [1.29, 1.82) is 0 Å². The summed E-state index contributed by atoms with van der Waals surface area (Å²) in [4.78, 5) is 0. The molecule has 0 N–H and O–H groups in total. The Morgan fingerprint density at radius 3 is 0.778 bits per heavy atom. The van der Waals surface area contributed by atoms with Crippen molar-refractivity contribution in [1.82, 2.24) is 0 Å². The van der Waals surface area contributed by atoms with E-state index in [0.717, 1.165) is 0 Å². The monoisotopic (exact) mass is 623 g/mol. The smallest absolute Gasteiger partial charge is 0.235 e. The maximum Gasteiger partial charge on any atom is 0.235 e. The average Bonchev–Trinajstić information content (AvgIpc) is 3.49. The Hall–Kier alpha value is -3.67. The molecule has 0 unspecified atom stereocenters. The van der Waals surface area contributed by atoms with Crippen LogP contribution in [0.15, 0.2) is 78.9 Å². The molecule has 0 atom stereocenters. The lowest BCUT2D eigenvalue weighted by Gasteiger charge is -2.30. The number of para-hydroxylation sites is 1. The predicted octanol–water partition coefficient (Wildman–Crippen LogP) is 7.81. The fourth-order valence-electron chi connectivity index (χ4n) is 9.75. The molecule has 1 nitrogen and oxygen atoms in total. The van der Waals surface area contributed by atoms with Gasteiger partial charge in [-0.2, -0.15) is 0 Å². The van der Waals surface area contributed by atoms with E-state index in [9.17, 15) is 0 Å². The first-order valence-corrected chi connectivity index (χ1v) is 21.3. The number of benzene rings is 5. The topological polar surface area (TPSA) is 3.01 Å². The molecule has 1 aliphatic rings. The number of rotatable bonds is 5. The highest BCUT2D eigenvalue weighted by atomic mass is 29.3. The van der Waals surface area contributed by atoms with Crippen LogP contribution in [0, 0.1) is 83.1 Å². The Labute approximate surface area is 274 Å². The van der Waals surface area contributed by atoms with Gasteiger partial charge in [0.15, 0.2) is 0 Å². The molecule has 0 spiro atoms. The van der Waals surface area contributed by atoms with Gasteiger partial charge in [-0.1, -0.05) is 89.0 Å². The highest BCUT2D eigenvalue weighted by Crippen LogP contribution is 2.50. The van der Waals surface area contributed by atoms with Gasteiger partial charge < -0.3 is 4.23 Å². The van der Waals surface area contributed by atoms with Crippen molar-refractivity contribution in [3.8, 4) is 0 Å². The Kier molecular flexibility index (Phi) is 7.65. The second kappa shape index (κ2) is 11.0. The van der Waals surface area contributed by atoms with E-state index < -0.39 is 15.5 Å². The third-order valence-corrected chi connectivity index (χ3v) is 27.7. The fraction of sp³-hybridized carbons (Fsp3) is 0.286. The molecule has 230 valence electrons. The molecular formula is C42H49NSi2. The van der Waals surface area contributed by atoms with Gasteiger partial charge in [-0.25, -0.2) is 0 Å². The van der Waals surface area contributed by atoms with E-state index in [1.54, 1.807) is 20.7 Å². The van der Waals surface area contributed by atoms with Crippen LogP contribution in [0.25, 0.3) is 0 Å². The van der Waals surface area contributed by atoms with Crippen LogP contribution in [-0.4, -0.2) is 15.5 Å². The summed E-state index contributed by atoms with van der Waals surface area (Å²) in [5, 5.41) is 6.49. The first-order valence-electron chi connectivity index (χ1n) is 16.5. The van der Waals surface area contributed by atoms with E-state index in [2.05, 4.69) is 166 Å². The quantitative estimate of drug-likeness (QED) is 0.143. The Morgan fingerprint density at radius 1 is 0.333 bits per heavy atom. The summed E-state index contributed by atoms with van der Waals surface area (Å²) in [6.07, 6.45) is 0. The number of anilines is 1. The van der Waals surface area contributed by atoms with Gasteiger partial charge in [0.2, 0.25) is 15.5 Å². The van der Waals surface area contributed by atoms with Crippen LogP contribution in [0.2, 0.25) is 0 Å². The van der Waals surface area contributed by atoms with Crippen molar-refractivity contribution in [2.75, 3.05) is 4.23 Å². The Balaban J connectivity index is 1.98. The zero-order chi connectivity index (χ0) is 32.6. The minimum Gasteiger partial charge on any atom is -0.411 e. The van der Waals surface area contributed by atoms with E-state index in [1.807, 2.05) is 0 Å². The Morgan fingerprint density at radius 2 is 0.556 bits per heavy atom. The molecule has 0 amide bonds. The maximum absolute atomic E-state index is 3.09. The molecule has 1 saturated heterocycles. The van der Waals surface area contributed by atoms with E-state index in [-0.39, 0.29) is 0 Å². The molecule has 5 aromatic carbocycles. The molecule has 6 rings (SSSR count). The third-order valence-electron chi connectivity index (χ3n) is 10.3. The first-order chi connectivity index (χ1) is 21.3. The van der Waals surface area contributed by atoms with Crippen molar-refractivity contribution < 1.29 is 0 Å². The number of hydrogen-bond acceptors (Lipinski definition) is 1. The molecule has 3 heteroatoms. The predicted molar refractivity (Wildman–Crippen MR) is 202 cm³/mol. The average molecular weight is 624 g/mol. The van der Waals surface area contributed by atoms with Crippen LogP contribution in [0.3, 0.4) is 0 Å². The molecule has 0 radical (unpaired) electrons. The molecular weight excluding hydrogens is 575 g/mol. The molecule has 1 aliphatic heterocycles. The lowest BCUT2D eigenvalue weighted by atomic mass is 10.1. The zero-order valence-electron chi connectivity index (χ0n) is 29.5. The molecule has 1 heterocycles. The molecule has 5 aromatic rings. The zero-order valence-corrected chi connectivity index (χ0v) is 31.5. The number of aryl methyl sites for hydroxylation is 12. The van der Waals surface area contributed by atoms with Crippen molar-refractivity contribution in [2.45, 2.75) is 83.1 Å². The molecule has 0 aliphatic carbocycles. The number of nitrogens with zero attached hydrogens (tertiary/aromatic N) is 1. The molecule has 0 saturated carbocycles. The second-order valence-corrected chi connectivity index (χ2v) is 24.7. The SMILES string of the molecule is Cc1cc(C)c([Si]2(c3c(C)cc(C)cc3C)N(c3ccccc3)[Si]2(c2c(C)cc(C)cc2C)c2c(C)cc(C)cc2C)c(C)c1. The van der Waals surface area contributed by atoms with Gasteiger partial charge in [0, 0.05) is 5.69 Å². The van der Waals surface area contributed by atoms with Gasteiger partial charge in [0.05, 0.1) is 0 Å². The standard InChI is InChI=1S/C42H49NSi2/c1-26-18-30(5)39(31(6)19-26)44(40-32(7)20-27(2)21-33(40)8)43(38-16-14-13-15-17-38)45(44,41-34(9)22-28(3)23-35(41)10)42-36(11)24-29(4)25-37(42)12/h13-25H,1-12H3. The first kappa shape index (κ1) is 31.3. The highest BCUT2D eigenvalue weighted by molar-refractivity contribution is 7.78. The van der Waals surface area contributed by atoms with Gasteiger partial charge in [-0.15, -0.1) is 0 Å². The number of hydrogen-bond donors (Lipinski definition) is 0. The van der Waals surface area contributed by atoms with Gasteiger partial charge in [0.1, 0.15) is 0 Å². The van der Waals surface area contributed by atoms with E-state index in [1.165, 1.54) is 72.4 Å². The van der Waals surface area contributed by atoms with E-state index in [0.29, 0.717) is 0 Å². The molecule has 45 heavy (non-hydrogen) atoms. The lowest BCUT2D eigenvalue weighted by molar-refractivity contribution is 1.33. The van der Waals surface area contributed by atoms with E-state index >= 15 is 0 Å². The highest BCUT2D eigenvalue weighted by Gasteiger charge is 2.84. The summed E-state index contributed by atoms with van der Waals surface area (Å²) in [5.41, 5.74) is 18.3. The van der Waals surface area contributed by atoms with Crippen LogP contribution in [-0.2, 0) is 0 Å². The Bertz CT molecular complexity index is 1650. The van der Waals surface area contributed by atoms with Crippen LogP contribution >= 0.6 is 0 Å². The normalized spacial score (nSPS) is 15.0. The van der Waals surface area contributed by atoms with Crippen LogP contribution in [0.5, 0.6) is 0 Å². The van der Waals surface area contributed by atoms with Crippen LogP contribution in [0.4, 0.5) is 5.69 Å². The van der Waals surface area contributed by atoms with Gasteiger partial charge in [-0.05, 0) is 160 Å². The van der Waals surface area contributed by atoms with Crippen molar-refractivity contribution in [2.24, 2.45) is 0 Å². The molecule has 1 fully saturated rings. The van der Waals surface area contributed by atoms with Crippen molar-refractivity contribution in [3.05, 3.63) is 146 Å². The maximum atomic E-state index is 3.09. The van der Waals surface area contributed by atoms with Crippen molar-refractivity contribution in [3.63, 3.8) is 0 Å². The summed E-state index contributed by atoms with van der Waals surface area (Å²) < 4.78 is 3.09. The van der Waals surface area contributed by atoms with Gasteiger partial charge in [-0.3, -0.25) is 0 Å². The van der Waals surface area contributed by atoms with Gasteiger partial charge >= 0.3 is 0 Å².